The molecule has 6 rings (SSSR count). The Morgan fingerprint density at radius 1 is 0.727 bits per heavy atom. The summed E-state index contributed by atoms with van der Waals surface area (Å²) in [4.78, 5) is 225. The smallest absolute Gasteiger partial charge is 0.409 e. The van der Waals surface area contributed by atoms with Crippen LogP contribution in [0.5, 0.6) is 5.75 Å². The molecule has 4 aliphatic rings. The number of rotatable bonds is 49. The third kappa shape index (κ3) is 29.3. The fourth-order valence-electron chi connectivity index (χ4n) is 15.0. The van der Waals surface area contributed by atoms with E-state index in [-0.39, 0.29) is 144 Å². The van der Waals surface area contributed by atoms with Crippen molar-refractivity contribution in [3.8, 4) is 5.75 Å². The normalized spacial score (nSPS) is 18.5. The first-order valence-corrected chi connectivity index (χ1v) is 42.3. The van der Waals surface area contributed by atoms with E-state index in [4.69, 9.17) is 34.3 Å². The van der Waals surface area contributed by atoms with E-state index in [2.05, 4.69) is 37.2 Å². The van der Waals surface area contributed by atoms with Gasteiger partial charge < -0.3 is 86.2 Å². The summed E-state index contributed by atoms with van der Waals surface area (Å²) in [6.07, 6.45) is -1.69. The number of Topliss-reactive ketones (excluding diaryl/α,β-unsaturated/α-hetero) is 1. The van der Waals surface area contributed by atoms with Gasteiger partial charge in [-0.3, -0.25) is 67.3 Å². The lowest BCUT2D eigenvalue weighted by Crippen LogP contribution is -2.59. The summed E-state index contributed by atoms with van der Waals surface area (Å²) >= 11 is 1.29. The van der Waals surface area contributed by atoms with Crippen molar-refractivity contribution in [1.82, 2.24) is 61.5 Å². The van der Waals surface area contributed by atoms with Gasteiger partial charge in [0.25, 0.3) is 11.8 Å². The number of methoxy groups -OCH3 is 3. The molecule has 4 fully saturated rings. The molecule has 3 aliphatic heterocycles. The SMILES string of the molecule is CC[C@H](C)[C@@H]([C@@H](CC(=O)N1C[C@@H](OC(=O)NCCN(C)C(=O)OCc2ccc(NC(=O)[C@H](CCCNC(N)=O)NC(=O)[C@@H](NC(=O)CCCCCN3C(=O)CC(SCC4(CC(=O)ON5C(=O)CCC5=O)CC4)C3=O)C(C)C)cc2)C[C@H]1[C@H](OC)[C@@H](C)C(=O)NCC(=O)c1ccc(OC)c(F)c1)OC)N(C)C(=O)[C@@H](NC(=O)[C@H](C(C)C)N(C)C)C(C)C. The number of nitrogens with one attached hydrogen (secondary N) is 7. The molecule has 1 saturated carbocycles. The van der Waals surface area contributed by atoms with Crippen LogP contribution < -0.4 is 47.7 Å². The highest BCUT2D eigenvalue weighted by Gasteiger charge is 2.50. The second-order valence-corrected chi connectivity index (χ2v) is 34.0. The molecule has 2 aromatic carbocycles. The molecule has 1 aliphatic carbocycles. The van der Waals surface area contributed by atoms with Gasteiger partial charge in [0.05, 0.1) is 74.5 Å². The Morgan fingerprint density at radius 2 is 1.40 bits per heavy atom. The number of alkyl carbamates (subject to hydrolysis) is 1. The number of unbranched alkanes of at least 4 members (excludes halogenated alkanes) is 2. The molecule has 38 heteroatoms. The van der Waals surface area contributed by atoms with Gasteiger partial charge in [-0.1, -0.05) is 87.3 Å². The number of hydroxylamine groups is 2. The number of anilines is 1. The number of nitrogens with zero attached hydrogens (tertiary/aromatic N) is 6. The van der Waals surface area contributed by atoms with Gasteiger partial charge in [0.1, 0.15) is 30.8 Å². The minimum atomic E-state index is -1.17. The van der Waals surface area contributed by atoms with Gasteiger partial charge in [-0.2, -0.15) is 0 Å². The summed E-state index contributed by atoms with van der Waals surface area (Å²) in [6, 6.07) is 3.76. The van der Waals surface area contributed by atoms with E-state index in [9.17, 15) is 76.3 Å². The van der Waals surface area contributed by atoms with Crippen LogP contribution in [0, 0.1) is 40.8 Å². The number of imide groups is 2. The van der Waals surface area contributed by atoms with Crippen LogP contribution in [0.2, 0.25) is 0 Å². The van der Waals surface area contributed by atoms with Crippen LogP contribution in [0.4, 0.5) is 24.5 Å². The largest absolute Gasteiger partial charge is 0.494 e. The van der Waals surface area contributed by atoms with Crippen LogP contribution in [0.1, 0.15) is 175 Å². The third-order valence-electron chi connectivity index (χ3n) is 22.4. The molecule has 36 nitrogen and oxygen atoms in total. The molecule has 0 radical (unpaired) electrons. The number of primary amides is 1. The number of benzene rings is 2. The van der Waals surface area contributed by atoms with Gasteiger partial charge in [0, 0.05) is 104 Å². The molecule has 12 atom stereocenters. The van der Waals surface area contributed by atoms with Crippen molar-refractivity contribution >= 4 is 112 Å². The van der Waals surface area contributed by atoms with Gasteiger partial charge in [0.15, 0.2) is 17.3 Å². The van der Waals surface area contributed by atoms with Crippen LogP contribution in [0.15, 0.2) is 42.5 Å². The molecule has 1 unspecified atom stereocenters. The second-order valence-electron chi connectivity index (χ2n) is 32.8. The van der Waals surface area contributed by atoms with Gasteiger partial charge in [0.2, 0.25) is 53.2 Å². The zero-order chi connectivity index (χ0) is 89.9. The minimum Gasteiger partial charge on any atom is -0.494 e. The van der Waals surface area contributed by atoms with Crippen molar-refractivity contribution in [2.24, 2.45) is 40.7 Å². The molecule has 672 valence electrons. The fraction of sp³-hybridized carbons (Fsp3) is 0.663. The summed E-state index contributed by atoms with van der Waals surface area (Å²) in [6.45, 7) is 15.4. The van der Waals surface area contributed by atoms with Crippen LogP contribution in [0.25, 0.3) is 0 Å². The number of likely N-dealkylation sites (tertiary alicyclic amines) is 2. The van der Waals surface area contributed by atoms with Crippen molar-refractivity contribution in [3.05, 3.63) is 59.4 Å². The number of nitrogens with two attached hydrogens (primary N) is 1. The summed E-state index contributed by atoms with van der Waals surface area (Å²) in [5, 5.41) is 18.8. The molecular weight excluding hydrogens is 1600 g/mol. The van der Waals surface area contributed by atoms with E-state index >= 15 is 4.79 Å². The van der Waals surface area contributed by atoms with E-state index in [1.807, 2.05) is 41.5 Å². The summed E-state index contributed by atoms with van der Waals surface area (Å²) < 4.78 is 43.2. The molecule has 0 aromatic heterocycles. The Labute approximate surface area is 711 Å². The van der Waals surface area contributed by atoms with E-state index in [1.165, 1.54) is 71.9 Å². The van der Waals surface area contributed by atoms with E-state index in [0.29, 0.717) is 60.6 Å². The van der Waals surface area contributed by atoms with Crippen molar-refractivity contribution < 1.29 is 110 Å². The molecular formula is C83H125FN14O22S. The van der Waals surface area contributed by atoms with Crippen LogP contribution in [-0.4, -0.2) is 279 Å². The minimum absolute atomic E-state index is 0.00330. The van der Waals surface area contributed by atoms with E-state index in [1.54, 1.807) is 71.1 Å². The standard InChI is InChI=1S/C83H125FN14O22S/c1-17-50(8)72(95(13)79(111)70(48(4)5)92-77(109)71(49(6)7)93(10)11)61(116-15)40-66(103)97-44-55(39-58(97)73(117-16)51(9)74(106)88-43-59(99)53-26-29-60(115-14)56(84)38-53)119-81(113)87-35-37-94(12)82(114)118-45-52-24-27-54(28-25-52)89-75(107)57(22-21-34-86-80(85)112)90-76(108)69(47(2)3)91-63(100)23-19-18-20-36-96-67(104)41-62(78(96)110)121-46-83(32-33-83)42-68(105)120-98-64(101)30-31-65(98)102/h24-29,38,47-51,55,57-58,61-62,69-73H,17-23,30-37,39-46H2,1-16H3,(H,87,113)(H,88,106)(H,89,107)(H,90,108)(H,91,100)(H,92,109)(H3,85,86,112)/t50-,51+,55-,57-,58-,61+,62?,69-,70-,71-,72-,73+/m0/s1. The number of carbonyl (C=O) groups excluding carboxylic acids is 16. The second kappa shape index (κ2) is 47.4. The number of ketones is 1. The zero-order valence-electron chi connectivity index (χ0n) is 72.5. The molecule has 2 aromatic rings. The number of ether oxygens (including phenoxy) is 5. The summed E-state index contributed by atoms with van der Waals surface area (Å²) in [5.74, 6) is -9.31. The maximum Gasteiger partial charge on any atom is 0.409 e. The van der Waals surface area contributed by atoms with Crippen molar-refractivity contribution in [2.75, 3.05) is 99.9 Å². The van der Waals surface area contributed by atoms with Gasteiger partial charge >= 0.3 is 24.2 Å². The monoisotopic (exact) mass is 1720 g/mol. The van der Waals surface area contributed by atoms with Gasteiger partial charge in [-0.15, -0.1) is 16.8 Å². The fourth-order valence-corrected chi connectivity index (χ4v) is 16.5. The first kappa shape index (κ1) is 99.7. The zero-order valence-corrected chi connectivity index (χ0v) is 73.3. The molecule has 121 heavy (non-hydrogen) atoms. The van der Waals surface area contributed by atoms with Gasteiger partial charge in [-0.05, 0) is 118 Å². The number of likely N-dealkylation sites (N-methyl/N-ethyl adjacent to an activating group) is 3. The van der Waals surface area contributed by atoms with Gasteiger partial charge in [-0.25, -0.2) is 23.6 Å². The summed E-state index contributed by atoms with van der Waals surface area (Å²) in [5.41, 5.74) is 5.60. The number of halogens is 1. The number of urea groups is 1. The predicted octanol–water partition coefficient (Wildman–Crippen LogP) is 4.96. The average molecular weight is 1720 g/mol. The maximum atomic E-state index is 15.1. The number of carbonyl (C=O) groups is 16. The Morgan fingerprint density at radius 3 is 1.98 bits per heavy atom. The molecule has 3 saturated heterocycles. The lowest BCUT2D eigenvalue weighted by Gasteiger charge is -2.41. The highest BCUT2D eigenvalue weighted by atomic mass is 32.2. The highest BCUT2D eigenvalue weighted by molar-refractivity contribution is 8.00. The molecule has 3 heterocycles. The highest BCUT2D eigenvalue weighted by Crippen LogP contribution is 2.52. The number of hydrogen-bond donors (Lipinski definition) is 8. The Hall–Kier alpha value is -10.1. The molecule has 0 spiro atoms. The first-order valence-electron chi connectivity index (χ1n) is 41.3. The number of amides is 15. The quantitative estimate of drug-likeness (QED) is 0.0246. The van der Waals surface area contributed by atoms with Crippen molar-refractivity contribution in [1.29, 1.82) is 0 Å². The number of hydrogen-bond acceptors (Lipinski definition) is 24. The number of thioether (sulfide) groups is 1. The van der Waals surface area contributed by atoms with E-state index in [0.717, 1.165) is 6.07 Å². The van der Waals surface area contributed by atoms with Crippen molar-refractivity contribution in [2.45, 2.75) is 225 Å². The molecule has 15 amide bonds. The Balaban J connectivity index is 1.00. The lowest BCUT2D eigenvalue weighted by atomic mass is 9.89. The first-order chi connectivity index (χ1) is 57.2. The maximum absolute atomic E-state index is 15.1. The van der Waals surface area contributed by atoms with Crippen LogP contribution in [-0.2, 0) is 87.9 Å². The summed E-state index contributed by atoms with van der Waals surface area (Å²) in [7, 11) is 10.7. The molecule has 9 N–H and O–H groups in total. The lowest BCUT2D eigenvalue weighted by molar-refractivity contribution is -0.198. The third-order valence-corrected chi connectivity index (χ3v) is 23.9. The Bertz CT molecular complexity index is 3960. The van der Waals surface area contributed by atoms with Crippen LogP contribution >= 0.6 is 11.8 Å². The van der Waals surface area contributed by atoms with E-state index < -0.39 is 167 Å². The Kier molecular flexibility index (Phi) is 39.0. The van der Waals surface area contributed by atoms with Crippen molar-refractivity contribution in [3.63, 3.8) is 0 Å². The molecule has 0 bridgehead atoms. The average Bonchev–Trinajstić information content (AvgIpc) is 1.65. The predicted molar refractivity (Wildman–Crippen MR) is 442 cm³/mol. The van der Waals surface area contributed by atoms with Crippen LogP contribution in [0.3, 0.4) is 0 Å². The topological polar surface area (TPSA) is 458 Å².